The summed E-state index contributed by atoms with van der Waals surface area (Å²) in [5.41, 5.74) is 1.88. The Hall–Kier alpha value is -1.68. The minimum Gasteiger partial charge on any atom is -0.392 e. The number of aliphatic hydroxyl groups excluding tert-OH is 1. The van der Waals surface area contributed by atoms with Crippen molar-refractivity contribution in [3.63, 3.8) is 0 Å². The Kier molecular flexibility index (Phi) is 4.30. The van der Waals surface area contributed by atoms with Gasteiger partial charge in [0.15, 0.2) is 0 Å². The molecule has 116 valence electrons. The molecule has 1 fully saturated rings. The normalized spacial score (nSPS) is 26.0. The molecule has 0 amide bonds. The summed E-state index contributed by atoms with van der Waals surface area (Å²) in [6, 6.07) is 17.9. The molecule has 0 radical (unpaired) electrons. The summed E-state index contributed by atoms with van der Waals surface area (Å²) in [7, 11) is 2.09. The Labute approximate surface area is 131 Å². The van der Waals surface area contributed by atoms with Gasteiger partial charge < -0.3 is 15.1 Å². The van der Waals surface area contributed by atoms with Gasteiger partial charge >= 0.3 is 0 Å². The lowest BCUT2D eigenvalue weighted by Gasteiger charge is -2.45. The molecule has 0 aliphatic carbocycles. The van der Waals surface area contributed by atoms with Crippen molar-refractivity contribution in [2.24, 2.45) is 0 Å². The van der Waals surface area contributed by atoms with Gasteiger partial charge in [0.25, 0.3) is 0 Å². The minimum atomic E-state index is -0.937. The molecule has 0 aromatic heterocycles. The molecule has 2 aromatic carbocycles. The van der Waals surface area contributed by atoms with Crippen molar-refractivity contribution < 1.29 is 10.2 Å². The van der Waals surface area contributed by atoms with Gasteiger partial charge in [0.1, 0.15) is 0 Å². The van der Waals surface area contributed by atoms with E-state index in [4.69, 9.17) is 0 Å². The molecule has 2 N–H and O–H groups in total. The van der Waals surface area contributed by atoms with E-state index in [1.54, 1.807) is 0 Å². The predicted molar refractivity (Wildman–Crippen MR) is 87.6 cm³/mol. The van der Waals surface area contributed by atoms with Gasteiger partial charge in [-0.25, -0.2) is 0 Å². The quantitative estimate of drug-likeness (QED) is 0.915. The lowest BCUT2D eigenvalue weighted by Crippen LogP contribution is -2.47. The van der Waals surface area contributed by atoms with Gasteiger partial charge in [0.2, 0.25) is 0 Å². The van der Waals surface area contributed by atoms with E-state index in [1.807, 2.05) is 42.5 Å². The summed E-state index contributed by atoms with van der Waals surface area (Å²) in [6.07, 6.45) is 0.667. The molecule has 3 heteroatoms. The van der Waals surface area contributed by atoms with Gasteiger partial charge in [-0.3, -0.25) is 0 Å². The van der Waals surface area contributed by atoms with Crippen LogP contribution in [0.1, 0.15) is 29.0 Å². The van der Waals surface area contributed by atoms with Gasteiger partial charge in [-0.2, -0.15) is 0 Å². The molecule has 2 aromatic rings. The minimum absolute atomic E-state index is 0.000139. The van der Waals surface area contributed by atoms with E-state index < -0.39 is 5.60 Å². The first kappa shape index (κ1) is 15.2. The van der Waals surface area contributed by atoms with Gasteiger partial charge in [-0.05, 0) is 30.2 Å². The molecule has 0 unspecified atom stereocenters. The molecular formula is C19H23NO2. The van der Waals surface area contributed by atoms with Crippen molar-refractivity contribution in [2.75, 3.05) is 20.1 Å². The highest BCUT2D eigenvalue weighted by Crippen LogP contribution is 2.44. The zero-order valence-corrected chi connectivity index (χ0v) is 12.9. The summed E-state index contributed by atoms with van der Waals surface area (Å²) >= 11 is 0. The predicted octanol–water partition coefficient (Wildman–Crippen LogP) is 2.49. The van der Waals surface area contributed by atoms with Crippen LogP contribution in [0.15, 0.2) is 54.6 Å². The molecule has 3 nitrogen and oxygen atoms in total. The smallest absolute Gasteiger partial charge is 0.0992 e. The average Bonchev–Trinajstić information content (AvgIpc) is 2.58. The zero-order chi connectivity index (χ0) is 15.6. The number of likely N-dealkylation sites (tertiary alicyclic amines) is 1. The fourth-order valence-electron chi connectivity index (χ4n) is 3.56. The first-order valence-corrected chi connectivity index (χ1v) is 7.80. The van der Waals surface area contributed by atoms with E-state index in [0.29, 0.717) is 6.42 Å². The summed E-state index contributed by atoms with van der Waals surface area (Å²) < 4.78 is 0. The molecule has 3 rings (SSSR count). The van der Waals surface area contributed by atoms with Crippen LogP contribution < -0.4 is 0 Å². The Morgan fingerprint density at radius 1 is 1.09 bits per heavy atom. The number of hydrogen-bond acceptors (Lipinski definition) is 3. The van der Waals surface area contributed by atoms with E-state index in [2.05, 4.69) is 24.1 Å². The third-order valence-corrected chi connectivity index (χ3v) is 4.80. The first-order valence-electron chi connectivity index (χ1n) is 7.80. The van der Waals surface area contributed by atoms with Gasteiger partial charge in [0, 0.05) is 19.0 Å². The number of aliphatic hydroxyl groups is 2. The first-order chi connectivity index (χ1) is 10.6. The van der Waals surface area contributed by atoms with Crippen LogP contribution in [0, 0.1) is 0 Å². The van der Waals surface area contributed by atoms with E-state index in [1.165, 1.54) is 0 Å². The Morgan fingerprint density at radius 2 is 1.77 bits per heavy atom. The number of nitrogens with zero attached hydrogens (tertiary/aromatic N) is 1. The number of likely N-dealkylation sites (N-methyl/N-ethyl adjacent to an activating group) is 1. The maximum absolute atomic E-state index is 11.5. The Balaban J connectivity index is 2.08. The van der Waals surface area contributed by atoms with Crippen LogP contribution in [-0.4, -0.2) is 35.3 Å². The van der Waals surface area contributed by atoms with Crippen molar-refractivity contribution in [1.82, 2.24) is 4.90 Å². The third-order valence-electron chi connectivity index (χ3n) is 4.80. The maximum Gasteiger partial charge on any atom is 0.0992 e. The molecular weight excluding hydrogens is 274 g/mol. The summed E-state index contributed by atoms with van der Waals surface area (Å²) in [4.78, 5) is 2.26. The van der Waals surface area contributed by atoms with Crippen molar-refractivity contribution in [3.05, 3.63) is 71.3 Å². The standard InChI is InChI=1S/C19H23NO2/c1-20-12-11-19(22,17-10-6-5-9-16(17)14-21)18(13-20)15-7-3-2-4-8-15/h2-10,18,21-22H,11-14H2,1H3/t18-,19-/m0/s1. The average molecular weight is 297 g/mol. The molecule has 1 aliphatic rings. The highest BCUT2D eigenvalue weighted by Gasteiger charge is 2.43. The summed E-state index contributed by atoms with van der Waals surface area (Å²) in [5, 5.41) is 21.2. The Bertz CT molecular complexity index is 628. The molecule has 1 saturated heterocycles. The fourth-order valence-corrected chi connectivity index (χ4v) is 3.56. The molecule has 22 heavy (non-hydrogen) atoms. The van der Waals surface area contributed by atoms with Gasteiger partial charge in [-0.15, -0.1) is 0 Å². The summed E-state index contributed by atoms with van der Waals surface area (Å²) in [6.45, 7) is 1.61. The maximum atomic E-state index is 11.5. The van der Waals surface area contributed by atoms with Crippen molar-refractivity contribution in [2.45, 2.75) is 24.5 Å². The number of piperidine rings is 1. The lowest BCUT2D eigenvalue weighted by molar-refractivity contribution is -0.0431. The van der Waals surface area contributed by atoms with Crippen molar-refractivity contribution in [1.29, 1.82) is 0 Å². The van der Waals surface area contributed by atoms with Crippen molar-refractivity contribution in [3.8, 4) is 0 Å². The third kappa shape index (κ3) is 2.68. The summed E-state index contributed by atoms with van der Waals surface area (Å²) in [5.74, 6) is 0.000139. The second-order valence-corrected chi connectivity index (χ2v) is 6.22. The van der Waals surface area contributed by atoms with Crippen LogP contribution in [0.5, 0.6) is 0 Å². The van der Waals surface area contributed by atoms with E-state index >= 15 is 0 Å². The van der Waals surface area contributed by atoms with Gasteiger partial charge in [0.05, 0.1) is 12.2 Å². The zero-order valence-electron chi connectivity index (χ0n) is 12.9. The van der Waals surface area contributed by atoms with Gasteiger partial charge in [-0.1, -0.05) is 54.6 Å². The topological polar surface area (TPSA) is 43.7 Å². The largest absolute Gasteiger partial charge is 0.392 e. The van der Waals surface area contributed by atoms with Crippen LogP contribution in [-0.2, 0) is 12.2 Å². The van der Waals surface area contributed by atoms with Crippen LogP contribution in [0.3, 0.4) is 0 Å². The van der Waals surface area contributed by atoms with E-state index in [0.717, 1.165) is 29.8 Å². The number of hydrogen-bond donors (Lipinski definition) is 2. The highest BCUT2D eigenvalue weighted by atomic mass is 16.3. The molecule has 1 heterocycles. The van der Waals surface area contributed by atoms with Crippen LogP contribution >= 0.6 is 0 Å². The molecule has 0 bridgehead atoms. The Morgan fingerprint density at radius 3 is 2.50 bits per heavy atom. The second kappa shape index (κ2) is 6.21. The van der Waals surface area contributed by atoms with Crippen LogP contribution in [0.25, 0.3) is 0 Å². The lowest BCUT2D eigenvalue weighted by atomic mass is 9.71. The molecule has 1 aliphatic heterocycles. The SMILES string of the molecule is CN1CC[C@](O)(c2ccccc2CO)[C@H](c2ccccc2)C1. The van der Waals surface area contributed by atoms with E-state index in [9.17, 15) is 10.2 Å². The fraction of sp³-hybridized carbons (Fsp3) is 0.368. The monoisotopic (exact) mass is 297 g/mol. The molecule has 2 atom stereocenters. The number of benzene rings is 2. The highest BCUT2D eigenvalue weighted by molar-refractivity contribution is 5.37. The van der Waals surface area contributed by atoms with E-state index in [-0.39, 0.29) is 12.5 Å². The number of rotatable bonds is 3. The van der Waals surface area contributed by atoms with Crippen molar-refractivity contribution >= 4 is 0 Å². The second-order valence-electron chi connectivity index (χ2n) is 6.22. The van der Waals surface area contributed by atoms with Crippen LogP contribution in [0.2, 0.25) is 0 Å². The van der Waals surface area contributed by atoms with Crippen LogP contribution in [0.4, 0.5) is 0 Å². The molecule has 0 saturated carbocycles. The molecule has 0 spiro atoms.